The maximum atomic E-state index is 12.2. The molecule has 1 fully saturated rings. The van der Waals surface area contributed by atoms with Crippen LogP contribution in [0, 0.1) is 18.3 Å². The van der Waals surface area contributed by atoms with E-state index in [1.54, 1.807) is 11.3 Å². The second-order valence-electron chi connectivity index (χ2n) is 8.12. The van der Waals surface area contributed by atoms with Gasteiger partial charge < -0.3 is 5.32 Å². The SMILES string of the molecule is C=C1NC(=O)SC1C(Sc1nc(-c2cccs2)cc(-c2ccc(C)cc2)c1C#N)c1ccccc1. The second-order valence-corrected chi connectivity index (χ2v) is 11.3. The summed E-state index contributed by atoms with van der Waals surface area (Å²) in [5.74, 6) is 0. The predicted molar refractivity (Wildman–Crippen MR) is 147 cm³/mol. The van der Waals surface area contributed by atoms with Crippen molar-refractivity contribution in [3.63, 3.8) is 0 Å². The molecule has 1 aliphatic heterocycles. The Kier molecular flexibility index (Phi) is 6.78. The Labute approximate surface area is 217 Å². The Bertz CT molecular complexity index is 1430. The van der Waals surface area contributed by atoms with Crippen molar-refractivity contribution in [1.82, 2.24) is 10.3 Å². The number of hydrogen-bond acceptors (Lipinski definition) is 6. The zero-order valence-electron chi connectivity index (χ0n) is 18.9. The topological polar surface area (TPSA) is 65.8 Å². The Morgan fingerprint density at radius 2 is 1.89 bits per heavy atom. The van der Waals surface area contributed by atoms with Crippen molar-refractivity contribution < 1.29 is 4.79 Å². The van der Waals surface area contributed by atoms with Gasteiger partial charge in [0.25, 0.3) is 5.24 Å². The van der Waals surface area contributed by atoms with Gasteiger partial charge in [0.15, 0.2) is 0 Å². The quantitative estimate of drug-likeness (QED) is 0.267. The standard InChI is InChI=1S/C28H21N3OS3/c1-17-10-12-19(13-11-17)21-15-23(24-9-6-14-33-24)31-27(22(21)16-29)34-26(20-7-4-3-5-8-20)25-18(2)30-28(32)35-25/h3-15,25-26H,2H2,1H3,(H,30,32). The number of nitrogens with zero attached hydrogens (tertiary/aromatic N) is 2. The van der Waals surface area contributed by atoms with Gasteiger partial charge in [-0.3, -0.25) is 4.79 Å². The van der Waals surface area contributed by atoms with Crippen molar-refractivity contribution in [3.05, 3.63) is 107 Å². The Morgan fingerprint density at radius 1 is 1.11 bits per heavy atom. The van der Waals surface area contributed by atoms with Crippen LogP contribution in [0.25, 0.3) is 21.7 Å². The molecule has 172 valence electrons. The third kappa shape index (κ3) is 4.92. The number of rotatable bonds is 6. The second kappa shape index (κ2) is 10.1. The summed E-state index contributed by atoms with van der Waals surface area (Å²) in [5.41, 5.74) is 6.08. The van der Waals surface area contributed by atoms with Crippen LogP contribution < -0.4 is 5.32 Å². The molecule has 4 aromatic rings. The lowest BCUT2D eigenvalue weighted by atomic mass is 10.00. The third-order valence-electron chi connectivity index (χ3n) is 5.72. The van der Waals surface area contributed by atoms with E-state index in [-0.39, 0.29) is 15.7 Å². The molecule has 1 amide bonds. The van der Waals surface area contributed by atoms with Gasteiger partial charge >= 0.3 is 0 Å². The van der Waals surface area contributed by atoms with Crippen molar-refractivity contribution in [2.45, 2.75) is 22.4 Å². The van der Waals surface area contributed by atoms with E-state index < -0.39 is 0 Å². The molecule has 1 N–H and O–H groups in total. The zero-order valence-corrected chi connectivity index (χ0v) is 21.3. The number of thiophene rings is 1. The fourth-order valence-corrected chi connectivity index (χ4v) is 7.12. The van der Waals surface area contributed by atoms with Gasteiger partial charge in [0, 0.05) is 11.3 Å². The summed E-state index contributed by atoms with van der Waals surface area (Å²) in [6.07, 6.45) is 0. The smallest absolute Gasteiger partial charge is 0.283 e. The van der Waals surface area contributed by atoms with Crippen LogP contribution in [0.15, 0.2) is 95.5 Å². The van der Waals surface area contributed by atoms with E-state index in [4.69, 9.17) is 4.98 Å². The van der Waals surface area contributed by atoms with Gasteiger partial charge in [0.1, 0.15) is 11.1 Å². The molecule has 0 radical (unpaired) electrons. The van der Waals surface area contributed by atoms with Gasteiger partial charge in [0.05, 0.1) is 26.6 Å². The number of carbonyl (C=O) groups excluding carboxylic acids is 1. The molecule has 3 heterocycles. The van der Waals surface area contributed by atoms with Gasteiger partial charge in [-0.15, -0.1) is 11.3 Å². The van der Waals surface area contributed by atoms with Crippen LogP contribution in [0.2, 0.25) is 0 Å². The number of aryl methyl sites for hydroxylation is 1. The summed E-state index contributed by atoms with van der Waals surface area (Å²) in [4.78, 5) is 18.2. The fraction of sp³-hybridized carbons (Fsp3) is 0.107. The monoisotopic (exact) mass is 511 g/mol. The first-order valence-electron chi connectivity index (χ1n) is 11.0. The lowest BCUT2D eigenvalue weighted by molar-refractivity contribution is 0.263. The molecule has 2 unspecified atom stereocenters. The molecular formula is C28H21N3OS3. The lowest BCUT2D eigenvalue weighted by Crippen LogP contribution is -2.16. The molecule has 2 atom stereocenters. The van der Waals surface area contributed by atoms with E-state index >= 15 is 0 Å². The van der Waals surface area contributed by atoms with Gasteiger partial charge in [-0.25, -0.2) is 4.98 Å². The van der Waals surface area contributed by atoms with Crippen LogP contribution >= 0.6 is 34.9 Å². The summed E-state index contributed by atoms with van der Waals surface area (Å²) >= 11 is 4.37. The summed E-state index contributed by atoms with van der Waals surface area (Å²) < 4.78 is 0. The molecule has 0 saturated carbocycles. The maximum Gasteiger partial charge on any atom is 0.283 e. The highest BCUT2D eigenvalue weighted by atomic mass is 32.2. The Morgan fingerprint density at radius 3 is 2.51 bits per heavy atom. The molecule has 5 rings (SSSR count). The molecule has 1 saturated heterocycles. The van der Waals surface area contributed by atoms with Crippen molar-refractivity contribution >= 4 is 40.1 Å². The van der Waals surface area contributed by atoms with E-state index in [2.05, 4.69) is 30.1 Å². The highest BCUT2D eigenvalue weighted by Crippen LogP contribution is 2.48. The minimum absolute atomic E-state index is 0.109. The molecular weight excluding hydrogens is 491 g/mol. The number of amides is 1. The van der Waals surface area contributed by atoms with Crippen molar-refractivity contribution in [3.8, 4) is 27.8 Å². The molecule has 4 nitrogen and oxygen atoms in total. The first-order chi connectivity index (χ1) is 17.0. The number of nitriles is 1. The average molecular weight is 512 g/mol. The molecule has 7 heteroatoms. The van der Waals surface area contributed by atoms with Crippen LogP contribution in [0.1, 0.15) is 21.9 Å². The lowest BCUT2D eigenvalue weighted by Gasteiger charge is -2.23. The molecule has 0 aliphatic carbocycles. The highest BCUT2D eigenvalue weighted by Gasteiger charge is 2.36. The van der Waals surface area contributed by atoms with Crippen LogP contribution in [0.4, 0.5) is 4.79 Å². The number of pyridine rings is 1. The van der Waals surface area contributed by atoms with E-state index in [9.17, 15) is 10.1 Å². The number of aromatic nitrogens is 1. The van der Waals surface area contributed by atoms with Gasteiger partial charge in [-0.1, -0.05) is 96.3 Å². The van der Waals surface area contributed by atoms with Gasteiger partial charge in [-0.05, 0) is 35.6 Å². The van der Waals surface area contributed by atoms with Crippen LogP contribution in [-0.4, -0.2) is 15.5 Å². The van der Waals surface area contributed by atoms with E-state index in [1.165, 1.54) is 23.5 Å². The number of benzene rings is 2. The van der Waals surface area contributed by atoms with Gasteiger partial charge in [-0.2, -0.15) is 5.26 Å². The molecule has 0 spiro atoms. The van der Waals surface area contributed by atoms with Crippen LogP contribution in [-0.2, 0) is 0 Å². The number of hydrogen-bond donors (Lipinski definition) is 1. The molecule has 1 aliphatic rings. The minimum atomic E-state index is -0.184. The van der Waals surface area contributed by atoms with Crippen molar-refractivity contribution in [2.24, 2.45) is 0 Å². The predicted octanol–water partition coefficient (Wildman–Crippen LogP) is 7.83. The first kappa shape index (κ1) is 23.4. The van der Waals surface area contributed by atoms with Crippen molar-refractivity contribution in [1.29, 1.82) is 5.26 Å². The summed E-state index contributed by atoms with van der Waals surface area (Å²) in [6.45, 7) is 6.15. The van der Waals surface area contributed by atoms with E-state index in [0.29, 0.717) is 16.3 Å². The van der Waals surface area contributed by atoms with Gasteiger partial charge in [0.2, 0.25) is 0 Å². The highest BCUT2D eigenvalue weighted by molar-refractivity contribution is 8.15. The molecule has 35 heavy (non-hydrogen) atoms. The summed E-state index contributed by atoms with van der Waals surface area (Å²) in [5, 5.41) is 15.4. The van der Waals surface area contributed by atoms with Crippen LogP contribution in [0.5, 0.6) is 0 Å². The maximum absolute atomic E-state index is 12.2. The minimum Gasteiger partial charge on any atom is -0.320 e. The zero-order chi connectivity index (χ0) is 24.4. The van der Waals surface area contributed by atoms with E-state index in [1.807, 2.05) is 73.0 Å². The first-order valence-corrected chi connectivity index (χ1v) is 13.6. The van der Waals surface area contributed by atoms with Crippen molar-refractivity contribution in [2.75, 3.05) is 0 Å². The number of nitrogens with one attached hydrogen (secondary N) is 1. The van der Waals surface area contributed by atoms with E-state index in [0.717, 1.165) is 32.8 Å². The molecule has 0 bridgehead atoms. The average Bonchev–Trinajstić information content (AvgIpc) is 3.52. The Balaban J connectivity index is 1.67. The number of carbonyl (C=O) groups is 1. The largest absolute Gasteiger partial charge is 0.320 e. The number of thioether (sulfide) groups is 2. The fourth-order valence-electron chi connectivity index (χ4n) is 3.96. The van der Waals surface area contributed by atoms with Crippen LogP contribution in [0.3, 0.4) is 0 Å². The Hall–Kier alpha value is -3.31. The normalized spacial score (nSPS) is 16.1. The molecule has 2 aromatic carbocycles. The molecule has 2 aromatic heterocycles. The summed E-state index contributed by atoms with van der Waals surface area (Å²) in [7, 11) is 0. The third-order valence-corrected chi connectivity index (χ3v) is 9.22. The summed E-state index contributed by atoms with van der Waals surface area (Å²) in [6, 6.07) is 26.7.